The Bertz CT molecular complexity index is 1210. The summed E-state index contributed by atoms with van der Waals surface area (Å²) in [5.41, 5.74) is 8.72. The summed E-state index contributed by atoms with van der Waals surface area (Å²) in [5, 5.41) is 14.1. The molecule has 0 radical (unpaired) electrons. The molecule has 0 fully saturated rings. The van der Waals surface area contributed by atoms with Crippen LogP contribution < -0.4 is 10.5 Å². The molecule has 3 heterocycles. The largest absolute Gasteiger partial charge is 0.482 e. The fourth-order valence-electron chi connectivity index (χ4n) is 3.63. The molecule has 3 aromatic rings. The van der Waals surface area contributed by atoms with Gasteiger partial charge in [0.25, 0.3) is 5.91 Å². The molecule has 1 aromatic carbocycles. The first-order valence-corrected chi connectivity index (χ1v) is 9.23. The number of anilines is 1. The molecule has 0 saturated heterocycles. The van der Waals surface area contributed by atoms with Gasteiger partial charge in [0.1, 0.15) is 23.7 Å². The number of hydrogen-bond acceptors (Lipinski definition) is 6. The highest BCUT2D eigenvalue weighted by atomic mass is 19.1. The lowest BCUT2D eigenvalue weighted by Crippen LogP contribution is -2.28. The Morgan fingerprint density at radius 2 is 2.10 bits per heavy atom. The van der Waals surface area contributed by atoms with Crippen LogP contribution in [0.25, 0.3) is 11.1 Å². The molecule has 0 saturated carbocycles. The summed E-state index contributed by atoms with van der Waals surface area (Å²) in [7, 11) is 3.29. The molecule has 1 amide bonds. The summed E-state index contributed by atoms with van der Waals surface area (Å²) in [6.45, 7) is 1.86. The molecule has 30 heavy (non-hydrogen) atoms. The molecular formula is C21H19FN6O2. The van der Waals surface area contributed by atoms with Gasteiger partial charge in [0.15, 0.2) is 11.6 Å². The van der Waals surface area contributed by atoms with Gasteiger partial charge in [0.05, 0.1) is 12.2 Å². The van der Waals surface area contributed by atoms with E-state index in [1.54, 1.807) is 27.1 Å². The number of carbonyl (C=O) groups excluding carboxylic acids is 1. The molecule has 9 heteroatoms. The highest BCUT2D eigenvalue weighted by Crippen LogP contribution is 2.35. The molecule has 2 aromatic heterocycles. The third-order valence-electron chi connectivity index (χ3n) is 5.12. The van der Waals surface area contributed by atoms with Crippen molar-refractivity contribution in [1.29, 1.82) is 5.26 Å². The number of aromatic nitrogens is 3. The average molecular weight is 405 g/mol. The number of carbonyl (C=O) groups is 1. The Labute approximate surface area is 172 Å². The van der Waals surface area contributed by atoms with Crippen LogP contribution in [0.4, 0.5) is 10.2 Å². The van der Waals surface area contributed by atoms with Crippen molar-refractivity contribution < 1.29 is 13.9 Å². The molecule has 0 aliphatic carbocycles. The van der Waals surface area contributed by atoms with Gasteiger partial charge >= 0.3 is 0 Å². The van der Waals surface area contributed by atoms with Crippen molar-refractivity contribution in [2.24, 2.45) is 7.05 Å². The summed E-state index contributed by atoms with van der Waals surface area (Å²) in [6.07, 6.45) is 0.866. The average Bonchev–Trinajstić information content (AvgIpc) is 3.03. The molecule has 1 aliphatic heterocycles. The van der Waals surface area contributed by atoms with Crippen molar-refractivity contribution in [3.8, 4) is 22.9 Å². The van der Waals surface area contributed by atoms with E-state index >= 15 is 0 Å². The standard InChI is InChI=1S/C21H19FN6O2/c1-11-15-7-13(22)4-5-14(15)21(29)27(2)10-16-19(17(8-23)28(3)26-16)12-6-18(30-11)20(24)25-9-12/h4-7,9,11H,10H2,1-3H3,(H2,24,25)/t11-/m1/s1/i2-1. The number of halogens is 1. The molecule has 1 aliphatic rings. The second-order valence-corrected chi connectivity index (χ2v) is 7.17. The first-order chi connectivity index (χ1) is 14.3. The second kappa shape index (κ2) is 7.15. The van der Waals surface area contributed by atoms with Crippen LogP contribution >= 0.6 is 0 Å². The van der Waals surface area contributed by atoms with E-state index in [0.29, 0.717) is 33.6 Å². The van der Waals surface area contributed by atoms with Gasteiger partial charge in [0.2, 0.25) is 0 Å². The maximum atomic E-state index is 14.0. The predicted octanol–water partition coefficient (Wildman–Crippen LogP) is 2.80. The van der Waals surface area contributed by atoms with Gasteiger partial charge in [-0.05, 0) is 31.2 Å². The van der Waals surface area contributed by atoms with Gasteiger partial charge in [0, 0.05) is 42.5 Å². The van der Waals surface area contributed by atoms with Gasteiger partial charge in [-0.25, -0.2) is 9.37 Å². The van der Waals surface area contributed by atoms with Crippen LogP contribution in [0, 0.1) is 17.1 Å². The van der Waals surface area contributed by atoms with Crippen LogP contribution in [0.5, 0.6) is 5.75 Å². The van der Waals surface area contributed by atoms with Crippen LogP contribution in [-0.2, 0) is 13.6 Å². The van der Waals surface area contributed by atoms with Crippen molar-refractivity contribution in [2.45, 2.75) is 19.6 Å². The number of aryl methyl sites for hydroxylation is 1. The molecule has 4 rings (SSSR count). The van der Waals surface area contributed by atoms with E-state index in [0.717, 1.165) is 0 Å². The normalized spacial score (nSPS) is 15.9. The number of rotatable bonds is 0. The summed E-state index contributed by atoms with van der Waals surface area (Å²) < 4.78 is 21.4. The quantitative estimate of drug-likeness (QED) is 0.616. The highest BCUT2D eigenvalue weighted by Gasteiger charge is 2.26. The van der Waals surface area contributed by atoms with Crippen LogP contribution in [0.15, 0.2) is 30.5 Å². The molecule has 0 unspecified atom stereocenters. The molecule has 2 bridgehead atoms. The van der Waals surface area contributed by atoms with E-state index in [4.69, 9.17) is 10.5 Å². The molecule has 1 atom stereocenters. The summed E-state index contributed by atoms with van der Waals surface area (Å²) in [4.78, 5) is 18.8. The number of nitriles is 1. The summed E-state index contributed by atoms with van der Waals surface area (Å²) >= 11 is 0. The molecular weight excluding hydrogens is 386 g/mol. The maximum Gasteiger partial charge on any atom is 0.254 e. The lowest BCUT2D eigenvalue weighted by molar-refractivity contribution is 0.0778. The number of nitrogens with zero attached hydrogens (tertiary/aromatic N) is 5. The zero-order valence-electron chi connectivity index (χ0n) is 16.7. The van der Waals surface area contributed by atoms with E-state index in [9.17, 15) is 14.4 Å². The Morgan fingerprint density at radius 3 is 2.83 bits per heavy atom. The van der Waals surface area contributed by atoms with E-state index in [1.165, 1.54) is 34.0 Å². The Kier molecular flexibility index (Phi) is 4.62. The van der Waals surface area contributed by atoms with E-state index < -0.39 is 11.9 Å². The summed E-state index contributed by atoms with van der Waals surface area (Å²) in [5.74, 6) is -0.369. The third kappa shape index (κ3) is 3.12. The Morgan fingerprint density at radius 1 is 1.33 bits per heavy atom. The minimum absolute atomic E-state index is 0.146. The number of hydrogen-bond donors (Lipinski definition) is 1. The molecule has 8 nitrogen and oxygen atoms in total. The van der Waals surface area contributed by atoms with E-state index in [-0.39, 0.29) is 24.0 Å². The maximum absolute atomic E-state index is 14.0. The van der Waals surface area contributed by atoms with Crippen LogP contribution in [0.1, 0.15) is 40.3 Å². The van der Waals surface area contributed by atoms with Crippen molar-refractivity contribution in [2.75, 3.05) is 12.8 Å². The SMILES string of the molecule is C[C@H]1Oc2cc(cnc2N)-c2c(nn(C)c2C#N)CN([11CH3])C(=O)c2ccc(F)cc21. The predicted molar refractivity (Wildman–Crippen MR) is 107 cm³/mol. The number of pyridine rings is 1. The smallest absolute Gasteiger partial charge is 0.254 e. The van der Waals surface area contributed by atoms with Crippen molar-refractivity contribution >= 4 is 11.7 Å². The van der Waals surface area contributed by atoms with Crippen molar-refractivity contribution in [1.82, 2.24) is 19.7 Å². The van der Waals surface area contributed by atoms with Gasteiger partial charge < -0.3 is 15.4 Å². The fourth-order valence-corrected chi connectivity index (χ4v) is 3.63. The summed E-state index contributed by atoms with van der Waals surface area (Å²) in [6, 6.07) is 7.79. The first-order valence-electron chi connectivity index (χ1n) is 9.23. The third-order valence-corrected chi connectivity index (χ3v) is 5.12. The van der Waals surface area contributed by atoms with E-state index in [2.05, 4.69) is 16.2 Å². The lowest BCUT2D eigenvalue weighted by atomic mass is 9.99. The number of nitrogens with two attached hydrogens (primary N) is 1. The minimum Gasteiger partial charge on any atom is -0.482 e. The van der Waals surface area contributed by atoms with Crippen LogP contribution in [0.2, 0.25) is 0 Å². The van der Waals surface area contributed by atoms with Gasteiger partial charge in [-0.3, -0.25) is 9.48 Å². The molecule has 0 spiro atoms. The topological polar surface area (TPSA) is 110 Å². The van der Waals surface area contributed by atoms with Crippen LogP contribution in [-0.4, -0.2) is 32.6 Å². The number of fused-ring (bicyclic) bond motifs is 5. The van der Waals surface area contributed by atoms with Gasteiger partial charge in [-0.2, -0.15) is 10.4 Å². The lowest BCUT2D eigenvalue weighted by Gasteiger charge is -2.23. The molecule has 2 N–H and O–H groups in total. The van der Waals surface area contributed by atoms with E-state index in [1.807, 2.05) is 0 Å². The number of nitrogen functional groups attached to an aromatic ring is 1. The zero-order valence-corrected chi connectivity index (χ0v) is 16.7. The highest BCUT2D eigenvalue weighted by molar-refractivity contribution is 5.95. The number of ether oxygens (including phenoxy) is 1. The van der Waals surface area contributed by atoms with Gasteiger partial charge in [-0.15, -0.1) is 0 Å². The fraction of sp³-hybridized carbons (Fsp3) is 0.238. The Hall–Kier alpha value is -3.93. The van der Waals surface area contributed by atoms with Crippen molar-refractivity contribution in [3.63, 3.8) is 0 Å². The minimum atomic E-state index is -0.671. The second-order valence-electron chi connectivity index (χ2n) is 7.17. The van der Waals surface area contributed by atoms with Crippen LogP contribution in [0.3, 0.4) is 0 Å². The number of benzene rings is 1. The zero-order chi connectivity index (χ0) is 21.6. The Balaban J connectivity index is 1.98. The molecule has 152 valence electrons. The monoisotopic (exact) mass is 405 g/mol. The van der Waals surface area contributed by atoms with Gasteiger partial charge in [-0.1, -0.05) is 0 Å². The number of amides is 1. The van der Waals surface area contributed by atoms with Crippen molar-refractivity contribution in [3.05, 3.63) is 58.8 Å². The first kappa shape index (κ1) is 19.4.